The minimum Gasteiger partial charge on any atom is -0.481 e. The second-order valence-electron chi connectivity index (χ2n) is 11.2. The number of piperidine rings is 1. The van der Waals surface area contributed by atoms with Crippen molar-refractivity contribution in [3.63, 3.8) is 0 Å². The summed E-state index contributed by atoms with van der Waals surface area (Å²) in [6, 6.07) is -0.0947. The van der Waals surface area contributed by atoms with Crippen LogP contribution in [-0.2, 0) is 9.53 Å². The average molecular weight is 620 g/mol. The molecule has 3 heterocycles. The number of carbonyl (C=O) groups excluding carboxylic acids is 2. The zero-order chi connectivity index (χ0) is 33.1. The summed E-state index contributed by atoms with van der Waals surface area (Å²) in [4.78, 5) is 41.2. The van der Waals surface area contributed by atoms with E-state index in [1.807, 2.05) is 38.3 Å². The Labute approximate surface area is 264 Å². The fraction of sp³-hybridized carbons (Fsp3) is 0.455. The number of hydrogen-bond donors (Lipinski definition) is 3. The molecular weight excluding hydrogens is 574 g/mol. The van der Waals surface area contributed by atoms with E-state index in [0.29, 0.717) is 55.1 Å². The second-order valence-corrected chi connectivity index (χ2v) is 11.2. The number of carbonyl (C=O) groups is 2. The van der Waals surface area contributed by atoms with E-state index in [2.05, 4.69) is 21.7 Å². The molecule has 0 aliphatic carbocycles. The number of ether oxygens (including phenoxy) is 1. The number of allylic oxidation sites excluding steroid dienone is 5. The van der Waals surface area contributed by atoms with Gasteiger partial charge < -0.3 is 25.6 Å². The maximum absolute atomic E-state index is 13.0. The van der Waals surface area contributed by atoms with E-state index in [0.717, 1.165) is 11.1 Å². The number of aliphatic hydroxyl groups excluding tert-OH is 2. The molecule has 1 unspecified atom stereocenters. The molecule has 1 saturated heterocycles. The van der Waals surface area contributed by atoms with Gasteiger partial charge in [-0.2, -0.15) is 9.61 Å². The van der Waals surface area contributed by atoms with Crippen LogP contribution >= 0.6 is 0 Å². The summed E-state index contributed by atoms with van der Waals surface area (Å²) in [5, 5.41) is 23.8. The molecular formula is C33H45N7O5. The summed E-state index contributed by atoms with van der Waals surface area (Å²) >= 11 is 0. The van der Waals surface area contributed by atoms with Gasteiger partial charge in [0.2, 0.25) is 11.8 Å². The number of aliphatic imine (C=N–C) groups is 2. The Kier molecular flexibility index (Phi) is 12.5. The number of ketones is 1. The third-order valence-corrected chi connectivity index (χ3v) is 7.86. The number of nitrogens with zero attached hydrogens (tertiary/aromatic N) is 6. The highest BCUT2D eigenvalue weighted by Crippen LogP contribution is 2.35. The van der Waals surface area contributed by atoms with Crippen LogP contribution < -0.4 is 5.73 Å². The highest BCUT2D eigenvalue weighted by Gasteiger charge is 2.38. The van der Waals surface area contributed by atoms with Gasteiger partial charge in [0.15, 0.2) is 11.4 Å². The lowest BCUT2D eigenvalue weighted by Crippen LogP contribution is -2.49. The molecule has 12 heteroatoms. The number of aliphatic hydroxyl groups is 2. The molecule has 45 heavy (non-hydrogen) atoms. The number of fused-ring (bicyclic) bond motifs is 1. The second kappa shape index (κ2) is 16.1. The molecule has 1 atom stereocenters. The van der Waals surface area contributed by atoms with Crippen LogP contribution in [0.5, 0.6) is 0 Å². The van der Waals surface area contributed by atoms with Crippen molar-refractivity contribution in [3.8, 4) is 0 Å². The smallest absolute Gasteiger partial charge is 0.233 e. The number of aromatic nitrogens is 3. The van der Waals surface area contributed by atoms with Crippen LogP contribution in [0.15, 0.2) is 59.0 Å². The number of methoxy groups -OCH3 is 1. The summed E-state index contributed by atoms with van der Waals surface area (Å²) in [5.41, 5.74) is 8.33. The van der Waals surface area contributed by atoms with E-state index in [9.17, 15) is 19.8 Å². The van der Waals surface area contributed by atoms with Crippen molar-refractivity contribution in [3.05, 3.63) is 65.9 Å². The van der Waals surface area contributed by atoms with E-state index >= 15 is 0 Å². The van der Waals surface area contributed by atoms with Gasteiger partial charge in [0, 0.05) is 43.4 Å². The van der Waals surface area contributed by atoms with Crippen molar-refractivity contribution >= 4 is 41.2 Å². The van der Waals surface area contributed by atoms with Crippen molar-refractivity contribution in [2.24, 2.45) is 15.4 Å². The van der Waals surface area contributed by atoms with Gasteiger partial charge >= 0.3 is 0 Å². The van der Waals surface area contributed by atoms with Gasteiger partial charge in [0.25, 0.3) is 0 Å². The number of Topliss-reactive ketones (excluding diaryl/α,β-unsaturated/α-hetero) is 1. The van der Waals surface area contributed by atoms with E-state index in [-0.39, 0.29) is 29.5 Å². The topological polar surface area (TPSA) is 168 Å². The zero-order valence-electron chi connectivity index (χ0n) is 26.8. The lowest BCUT2D eigenvalue weighted by molar-refractivity contribution is -0.147. The van der Waals surface area contributed by atoms with Gasteiger partial charge in [-0.25, -0.2) is 9.98 Å². The lowest BCUT2D eigenvalue weighted by Gasteiger charge is -2.37. The lowest BCUT2D eigenvalue weighted by atomic mass is 9.86. The summed E-state index contributed by atoms with van der Waals surface area (Å²) in [5.74, 6) is 0.0615. The first-order valence-electron chi connectivity index (χ1n) is 15.0. The van der Waals surface area contributed by atoms with E-state index in [1.54, 1.807) is 43.5 Å². The summed E-state index contributed by atoms with van der Waals surface area (Å²) in [6.07, 6.45) is 15.8. The van der Waals surface area contributed by atoms with Gasteiger partial charge in [0.1, 0.15) is 5.82 Å². The number of hydrogen-bond acceptors (Lipinski definition) is 10. The van der Waals surface area contributed by atoms with Crippen molar-refractivity contribution < 1.29 is 24.5 Å². The molecule has 1 aliphatic heterocycles. The Bertz CT molecular complexity index is 1520. The molecule has 1 amide bonds. The predicted molar refractivity (Wildman–Crippen MR) is 177 cm³/mol. The maximum atomic E-state index is 13.0. The SMILES string of the molecule is C=C/C=C(\CC=NC(C)/C=C/C=C(\N=C/C)OC)c1cnn2c(N)c(C(C)=O)c(C3CCN(C(=O)C(C)(CO)CO)CC3)nc12. The van der Waals surface area contributed by atoms with Gasteiger partial charge in [-0.15, -0.1) is 0 Å². The van der Waals surface area contributed by atoms with Crippen molar-refractivity contribution in [2.75, 3.05) is 39.1 Å². The molecule has 0 radical (unpaired) electrons. The first-order valence-corrected chi connectivity index (χ1v) is 15.0. The van der Waals surface area contributed by atoms with Gasteiger partial charge in [0.05, 0.1) is 49.2 Å². The molecule has 1 aliphatic rings. The normalized spacial score (nSPS) is 16.4. The molecule has 242 valence electrons. The van der Waals surface area contributed by atoms with Crippen molar-refractivity contribution in [2.45, 2.75) is 58.9 Å². The Hall–Kier alpha value is -4.42. The highest BCUT2D eigenvalue weighted by molar-refractivity contribution is 6.00. The van der Waals surface area contributed by atoms with Gasteiger partial charge in [-0.1, -0.05) is 30.9 Å². The molecule has 1 fully saturated rings. The molecule has 0 saturated carbocycles. The quantitative estimate of drug-likeness (QED) is 0.124. The molecule has 0 aromatic carbocycles. The minimum absolute atomic E-state index is 0.0947. The predicted octanol–water partition coefficient (Wildman–Crippen LogP) is 3.76. The van der Waals surface area contributed by atoms with Crippen LogP contribution in [0.1, 0.15) is 74.5 Å². The van der Waals surface area contributed by atoms with Crippen LogP contribution in [0.25, 0.3) is 11.2 Å². The molecule has 3 rings (SSSR count). The fourth-order valence-electron chi connectivity index (χ4n) is 5.21. The van der Waals surface area contributed by atoms with E-state index in [4.69, 9.17) is 15.5 Å². The van der Waals surface area contributed by atoms with Crippen LogP contribution in [0.4, 0.5) is 5.82 Å². The van der Waals surface area contributed by atoms with Crippen molar-refractivity contribution in [1.29, 1.82) is 0 Å². The van der Waals surface area contributed by atoms with Crippen LogP contribution in [0.3, 0.4) is 0 Å². The molecule has 2 aromatic heterocycles. The number of rotatable bonds is 14. The molecule has 0 bridgehead atoms. The summed E-state index contributed by atoms with van der Waals surface area (Å²) in [7, 11) is 1.56. The minimum atomic E-state index is -1.24. The summed E-state index contributed by atoms with van der Waals surface area (Å²) < 4.78 is 6.67. The molecule has 2 aromatic rings. The Morgan fingerprint density at radius 1 is 1.27 bits per heavy atom. The number of amides is 1. The molecule has 12 nitrogen and oxygen atoms in total. The molecule has 4 N–H and O–H groups in total. The largest absolute Gasteiger partial charge is 0.481 e. The fourth-order valence-corrected chi connectivity index (χ4v) is 5.21. The summed E-state index contributed by atoms with van der Waals surface area (Å²) in [6.45, 7) is 10.6. The first kappa shape index (κ1) is 35.1. The standard InChI is InChI=1S/C33H45N7O5/c1-7-10-24(13-16-36-22(3)11-9-12-27(45-6)35-8-2)26-19-37-40-30(34)28(23(4)43)29(38-31(26)40)25-14-17-39(18-15-25)32(44)33(5,20-41)21-42/h7-12,16,19,22,25,41-42H,1,13-15,17-18,20-21,34H2,2-6H3/b11-9+,24-10+,27-12+,35-8-,36-16?. The highest BCUT2D eigenvalue weighted by atomic mass is 16.5. The number of likely N-dealkylation sites (tertiary alicyclic amines) is 1. The molecule has 0 spiro atoms. The zero-order valence-corrected chi connectivity index (χ0v) is 26.8. The maximum Gasteiger partial charge on any atom is 0.233 e. The monoisotopic (exact) mass is 619 g/mol. The van der Waals surface area contributed by atoms with E-state index < -0.39 is 18.6 Å². The van der Waals surface area contributed by atoms with Crippen LogP contribution in [0, 0.1) is 5.41 Å². The van der Waals surface area contributed by atoms with Gasteiger partial charge in [-0.05, 0) is 52.2 Å². The van der Waals surface area contributed by atoms with Crippen molar-refractivity contribution in [1.82, 2.24) is 19.5 Å². The van der Waals surface area contributed by atoms with Crippen LogP contribution in [-0.4, -0.2) is 93.3 Å². The number of nitrogens with two attached hydrogens (primary N) is 1. The number of anilines is 1. The Balaban J connectivity index is 1.90. The Morgan fingerprint density at radius 2 is 1.96 bits per heavy atom. The number of nitrogen functional groups attached to an aromatic ring is 1. The third kappa shape index (κ3) is 8.20. The van der Waals surface area contributed by atoms with Gasteiger partial charge in [-0.3, -0.25) is 14.6 Å². The Morgan fingerprint density at radius 3 is 2.53 bits per heavy atom. The van der Waals surface area contributed by atoms with Crippen LogP contribution in [0.2, 0.25) is 0 Å². The third-order valence-electron chi connectivity index (χ3n) is 7.86. The average Bonchev–Trinajstić information content (AvgIpc) is 3.47. The first-order chi connectivity index (χ1) is 21.5. The van der Waals surface area contributed by atoms with E-state index in [1.165, 1.54) is 11.4 Å².